The average molecular weight is 164 g/mol. The van der Waals surface area contributed by atoms with Gasteiger partial charge in [0.1, 0.15) is 5.52 Å². The van der Waals surface area contributed by atoms with Crippen molar-refractivity contribution in [1.82, 2.24) is 9.97 Å². The van der Waals surface area contributed by atoms with Gasteiger partial charge in [-0.15, -0.1) is 11.8 Å². The largest absolute Gasteiger partial charge is 0.359 e. The van der Waals surface area contributed by atoms with Crippen LogP contribution in [-0.2, 0) is 0 Å². The Morgan fingerprint density at radius 1 is 1.55 bits per heavy atom. The number of rotatable bonds is 1. The molecular weight excluding hydrogens is 156 g/mol. The summed E-state index contributed by atoms with van der Waals surface area (Å²) in [5, 5.41) is 0. The fourth-order valence-electron chi connectivity index (χ4n) is 1.09. The van der Waals surface area contributed by atoms with Crippen molar-refractivity contribution < 1.29 is 0 Å². The number of nitrogens with one attached hydrogen (secondary N) is 1. The van der Waals surface area contributed by atoms with Gasteiger partial charge in [-0.05, 0) is 18.4 Å². The molecule has 0 aliphatic rings. The molecule has 0 atom stereocenters. The predicted octanol–water partition coefficient (Wildman–Crippen LogP) is 2.28. The van der Waals surface area contributed by atoms with Crippen molar-refractivity contribution in [2.45, 2.75) is 4.90 Å². The summed E-state index contributed by atoms with van der Waals surface area (Å²) >= 11 is 1.71. The van der Waals surface area contributed by atoms with Gasteiger partial charge in [0.2, 0.25) is 0 Å². The second-order valence-corrected chi connectivity index (χ2v) is 3.10. The van der Waals surface area contributed by atoms with Gasteiger partial charge in [-0.2, -0.15) is 0 Å². The summed E-state index contributed by atoms with van der Waals surface area (Å²) in [6.45, 7) is 0. The minimum absolute atomic E-state index is 1.07. The van der Waals surface area contributed by atoms with E-state index in [2.05, 4.69) is 16.2 Å². The van der Waals surface area contributed by atoms with Crippen molar-refractivity contribution in [3.05, 3.63) is 24.5 Å². The molecule has 2 nitrogen and oxygen atoms in total. The van der Waals surface area contributed by atoms with Crippen LogP contribution in [0.5, 0.6) is 0 Å². The molecule has 0 unspecified atom stereocenters. The van der Waals surface area contributed by atoms with Crippen LogP contribution in [0.15, 0.2) is 29.4 Å². The summed E-state index contributed by atoms with van der Waals surface area (Å²) in [7, 11) is 0. The molecule has 2 rings (SSSR count). The van der Waals surface area contributed by atoms with Gasteiger partial charge < -0.3 is 4.98 Å². The monoisotopic (exact) mass is 164 g/mol. The van der Waals surface area contributed by atoms with Crippen LogP contribution in [0.1, 0.15) is 0 Å². The van der Waals surface area contributed by atoms with Gasteiger partial charge in [-0.25, -0.2) is 0 Å². The van der Waals surface area contributed by atoms with E-state index in [-0.39, 0.29) is 0 Å². The number of thioether (sulfide) groups is 1. The van der Waals surface area contributed by atoms with E-state index in [4.69, 9.17) is 0 Å². The molecule has 0 aliphatic heterocycles. The summed E-state index contributed by atoms with van der Waals surface area (Å²) in [6.07, 6.45) is 5.86. The quantitative estimate of drug-likeness (QED) is 0.655. The maximum atomic E-state index is 4.26. The Hall–Kier alpha value is -0.960. The average Bonchev–Trinajstić information content (AvgIpc) is 2.47. The molecule has 11 heavy (non-hydrogen) atoms. The van der Waals surface area contributed by atoms with Crippen molar-refractivity contribution in [2.75, 3.05) is 6.26 Å². The molecule has 2 aromatic heterocycles. The number of nitrogens with zero attached hydrogens (tertiary/aromatic N) is 1. The SMILES string of the molecule is CSc1c[nH]c2cccnc12. The van der Waals surface area contributed by atoms with Crippen molar-refractivity contribution in [3.8, 4) is 0 Å². The molecule has 0 aliphatic carbocycles. The number of aromatic nitrogens is 2. The van der Waals surface area contributed by atoms with E-state index in [0.717, 1.165) is 11.0 Å². The lowest BCUT2D eigenvalue weighted by Crippen LogP contribution is -1.72. The molecule has 0 fully saturated rings. The zero-order valence-electron chi connectivity index (χ0n) is 6.16. The lowest BCUT2D eigenvalue weighted by Gasteiger charge is -1.89. The summed E-state index contributed by atoms with van der Waals surface area (Å²) in [5.41, 5.74) is 2.18. The fraction of sp³-hybridized carbons (Fsp3) is 0.125. The Labute approximate surface area is 69.0 Å². The maximum Gasteiger partial charge on any atom is 0.101 e. The van der Waals surface area contributed by atoms with E-state index in [1.54, 1.807) is 11.8 Å². The van der Waals surface area contributed by atoms with E-state index >= 15 is 0 Å². The minimum Gasteiger partial charge on any atom is -0.359 e. The first kappa shape index (κ1) is 6.73. The molecule has 0 radical (unpaired) electrons. The molecule has 0 bridgehead atoms. The molecule has 0 amide bonds. The van der Waals surface area contributed by atoms with Crippen LogP contribution in [-0.4, -0.2) is 16.2 Å². The van der Waals surface area contributed by atoms with Crippen LogP contribution in [0.3, 0.4) is 0 Å². The second kappa shape index (κ2) is 2.58. The Kier molecular flexibility index (Phi) is 1.58. The van der Waals surface area contributed by atoms with Crippen LogP contribution in [0, 0.1) is 0 Å². The standard InChI is InChI=1S/C8H8N2S/c1-11-7-5-10-6-3-2-4-9-8(6)7/h2-5,10H,1H3. The highest BCUT2D eigenvalue weighted by Gasteiger charge is 2.00. The van der Waals surface area contributed by atoms with Gasteiger partial charge in [0, 0.05) is 12.4 Å². The molecule has 1 N–H and O–H groups in total. The Morgan fingerprint density at radius 2 is 2.45 bits per heavy atom. The first-order valence-electron chi connectivity index (χ1n) is 3.38. The summed E-state index contributed by atoms with van der Waals surface area (Å²) in [4.78, 5) is 8.62. The molecule has 0 saturated carbocycles. The van der Waals surface area contributed by atoms with E-state index in [9.17, 15) is 0 Å². The number of aromatic amines is 1. The number of fused-ring (bicyclic) bond motifs is 1. The third-order valence-electron chi connectivity index (χ3n) is 1.62. The molecule has 0 saturated heterocycles. The van der Waals surface area contributed by atoms with E-state index in [1.807, 2.05) is 24.5 Å². The van der Waals surface area contributed by atoms with Crippen LogP contribution in [0.2, 0.25) is 0 Å². The van der Waals surface area contributed by atoms with Gasteiger partial charge in [0.25, 0.3) is 0 Å². The first-order chi connectivity index (χ1) is 5.42. The Bertz CT molecular complexity index is 367. The van der Waals surface area contributed by atoms with E-state index < -0.39 is 0 Å². The first-order valence-corrected chi connectivity index (χ1v) is 4.60. The normalized spacial score (nSPS) is 10.6. The maximum absolute atomic E-state index is 4.26. The highest BCUT2D eigenvalue weighted by Crippen LogP contribution is 2.22. The predicted molar refractivity (Wildman–Crippen MR) is 47.9 cm³/mol. The van der Waals surface area contributed by atoms with Gasteiger partial charge in [-0.3, -0.25) is 4.98 Å². The smallest absolute Gasteiger partial charge is 0.101 e. The van der Waals surface area contributed by atoms with Crippen LogP contribution in [0.25, 0.3) is 11.0 Å². The van der Waals surface area contributed by atoms with Gasteiger partial charge in [-0.1, -0.05) is 0 Å². The number of H-pyrrole nitrogens is 1. The van der Waals surface area contributed by atoms with Crippen molar-refractivity contribution in [1.29, 1.82) is 0 Å². The molecule has 0 spiro atoms. The third kappa shape index (κ3) is 1.01. The second-order valence-electron chi connectivity index (χ2n) is 2.26. The number of pyridine rings is 1. The van der Waals surface area contributed by atoms with Gasteiger partial charge in [0.05, 0.1) is 10.4 Å². The van der Waals surface area contributed by atoms with Crippen molar-refractivity contribution in [3.63, 3.8) is 0 Å². The van der Waals surface area contributed by atoms with Crippen LogP contribution < -0.4 is 0 Å². The zero-order valence-corrected chi connectivity index (χ0v) is 6.98. The highest BCUT2D eigenvalue weighted by atomic mass is 32.2. The summed E-state index contributed by atoms with van der Waals surface area (Å²) in [6, 6.07) is 3.96. The topological polar surface area (TPSA) is 28.7 Å². The number of hydrogen-bond donors (Lipinski definition) is 1. The molecule has 0 aromatic carbocycles. The lowest BCUT2D eigenvalue weighted by molar-refractivity contribution is 1.38. The van der Waals surface area contributed by atoms with Crippen LogP contribution in [0.4, 0.5) is 0 Å². The van der Waals surface area contributed by atoms with Crippen LogP contribution >= 0.6 is 11.8 Å². The van der Waals surface area contributed by atoms with Crippen molar-refractivity contribution in [2.24, 2.45) is 0 Å². The zero-order chi connectivity index (χ0) is 7.68. The highest BCUT2D eigenvalue weighted by molar-refractivity contribution is 7.98. The molecule has 3 heteroatoms. The lowest BCUT2D eigenvalue weighted by atomic mass is 10.4. The van der Waals surface area contributed by atoms with Crippen molar-refractivity contribution >= 4 is 22.8 Å². The van der Waals surface area contributed by atoms with Gasteiger partial charge >= 0.3 is 0 Å². The fourth-order valence-corrected chi connectivity index (χ4v) is 1.62. The minimum atomic E-state index is 1.07. The summed E-state index contributed by atoms with van der Waals surface area (Å²) < 4.78 is 0. The van der Waals surface area contributed by atoms with E-state index in [0.29, 0.717) is 0 Å². The molecular formula is C8H8N2S. The number of hydrogen-bond acceptors (Lipinski definition) is 2. The molecule has 56 valence electrons. The Balaban J connectivity index is 2.76. The third-order valence-corrected chi connectivity index (χ3v) is 2.37. The molecule has 2 aromatic rings. The van der Waals surface area contributed by atoms with Gasteiger partial charge in [0.15, 0.2) is 0 Å². The molecule has 2 heterocycles. The Morgan fingerprint density at radius 3 is 3.27 bits per heavy atom. The summed E-state index contributed by atoms with van der Waals surface area (Å²) in [5.74, 6) is 0. The van der Waals surface area contributed by atoms with E-state index in [1.165, 1.54) is 4.90 Å².